The van der Waals surface area contributed by atoms with Crippen molar-refractivity contribution in [1.29, 1.82) is 5.41 Å². The molecule has 0 spiro atoms. The summed E-state index contributed by atoms with van der Waals surface area (Å²) in [5, 5.41) is 15.1. The average Bonchev–Trinajstić information content (AvgIpc) is 2.76. The molecule has 1 aromatic heterocycles. The first-order chi connectivity index (χ1) is 14.7. The SMILES string of the molecule is Cc1nc(NC(=N)NCCc2ccc(Oc3ccccc3)cc2)nc2ccccc12. The van der Waals surface area contributed by atoms with E-state index in [0.717, 1.165) is 40.1 Å². The first-order valence-electron chi connectivity index (χ1n) is 9.82. The van der Waals surface area contributed by atoms with Crippen molar-refractivity contribution in [3.8, 4) is 11.5 Å². The van der Waals surface area contributed by atoms with Crippen molar-refractivity contribution in [2.24, 2.45) is 0 Å². The molecular weight excluding hydrogens is 374 g/mol. The summed E-state index contributed by atoms with van der Waals surface area (Å²) < 4.78 is 5.81. The van der Waals surface area contributed by atoms with Gasteiger partial charge in [0.05, 0.1) is 11.2 Å². The molecule has 150 valence electrons. The number of hydrogen-bond acceptors (Lipinski definition) is 4. The van der Waals surface area contributed by atoms with Crippen LogP contribution in [-0.4, -0.2) is 22.5 Å². The number of aromatic nitrogens is 2. The maximum absolute atomic E-state index is 8.11. The van der Waals surface area contributed by atoms with Crippen molar-refractivity contribution in [3.05, 3.63) is 90.1 Å². The maximum atomic E-state index is 8.11. The molecule has 3 aromatic carbocycles. The minimum absolute atomic E-state index is 0.175. The predicted molar refractivity (Wildman–Crippen MR) is 120 cm³/mol. The topological polar surface area (TPSA) is 82.9 Å². The molecule has 1 heterocycles. The average molecular weight is 397 g/mol. The molecule has 0 aliphatic carbocycles. The summed E-state index contributed by atoms with van der Waals surface area (Å²) in [4.78, 5) is 8.90. The number of nitrogens with one attached hydrogen (secondary N) is 3. The van der Waals surface area contributed by atoms with Crippen LogP contribution in [0.2, 0.25) is 0 Å². The van der Waals surface area contributed by atoms with Gasteiger partial charge in [0, 0.05) is 11.9 Å². The number of guanidine groups is 1. The van der Waals surface area contributed by atoms with E-state index in [0.29, 0.717) is 12.5 Å². The van der Waals surface area contributed by atoms with Crippen molar-refractivity contribution in [2.75, 3.05) is 11.9 Å². The standard InChI is InChI=1S/C24H23N5O/c1-17-21-9-5-6-10-22(21)28-24(27-17)29-23(25)26-16-15-18-11-13-20(14-12-18)30-19-7-3-2-4-8-19/h2-14H,15-16H2,1H3,(H3,25,26,27,28,29). The molecule has 6 heteroatoms. The fourth-order valence-corrected chi connectivity index (χ4v) is 3.13. The highest BCUT2D eigenvalue weighted by Gasteiger charge is 2.06. The van der Waals surface area contributed by atoms with Crippen LogP contribution < -0.4 is 15.4 Å². The molecule has 30 heavy (non-hydrogen) atoms. The Labute approximate surface area is 175 Å². The quantitative estimate of drug-likeness (QED) is 0.318. The Morgan fingerprint density at radius 3 is 2.37 bits per heavy atom. The molecule has 4 aromatic rings. The van der Waals surface area contributed by atoms with Crippen LogP contribution in [0.3, 0.4) is 0 Å². The zero-order valence-corrected chi connectivity index (χ0v) is 16.7. The van der Waals surface area contributed by atoms with Crippen molar-refractivity contribution in [2.45, 2.75) is 13.3 Å². The Morgan fingerprint density at radius 1 is 0.867 bits per heavy atom. The van der Waals surface area contributed by atoms with Crippen LogP contribution in [0.25, 0.3) is 10.9 Å². The lowest BCUT2D eigenvalue weighted by Gasteiger charge is -2.11. The Bertz CT molecular complexity index is 1140. The Morgan fingerprint density at radius 2 is 1.57 bits per heavy atom. The van der Waals surface area contributed by atoms with E-state index in [1.54, 1.807) is 0 Å². The highest BCUT2D eigenvalue weighted by Crippen LogP contribution is 2.21. The third-order valence-electron chi connectivity index (χ3n) is 4.65. The number of para-hydroxylation sites is 2. The molecule has 0 aliphatic heterocycles. The van der Waals surface area contributed by atoms with Gasteiger partial charge in [-0.3, -0.25) is 10.7 Å². The van der Waals surface area contributed by atoms with Crippen LogP contribution in [-0.2, 0) is 6.42 Å². The van der Waals surface area contributed by atoms with Gasteiger partial charge < -0.3 is 10.1 Å². The lowest BCUT2D eigenvalue weighted by molar-refractivity contribution is 0.482. The molecule has 0 radical (unpaired) electrons. The fourth-order valence-electron chi connectivity index (χ4n) is 3.13. The second-order valence-corrected chi connectivity index (χ2v) is 6.89. The number of nitrogens with zero attached hydrogens (tertiary/aromatic N) is 2. The third kappa shape index (κ3) is 4.91. The number of anilines is 1. The van der Waals surface area contributed by atoms with Gasteiger partial charge in [-0.2, -0.15) is 0 Å². The summed E-state index contributed by atoms with van der Waals surface area (Å²) in [6.45, 7) is 2.56. The summed E-state index contributed by atoms with van der Waals surface area (Å²) >= 11 is 0. The van der Waals surface area contributed by atoms with Crippen LogP contribution in [0.4, 0.5) is 5.95 Å². The summed E-state index contributed by atoms with van der Waals surface area (Å²) in [5.41, 5.74) is 2.90. The van der Waals surface area contributed by atoms with Gasteiger partial charge in [0.25, 0.3) is 0 Å². The van der Waals surface area contributed by atoms with Gasteiger partial charge in [-0.25, -0.2) is 9.97 Å². The van der Waals surface area contributed by atoms with Gasteiger partial charge in [0.1, 0.15) is 11.5 Å². The number of benzene rings is 3. The second kappa shape index (κ2) is 9.05. The zero-order valence-electron chi connectivity index (χ0n) is 16.7. The first-order valence-corrected chi connectivity index (χ1v) is 9.82. The first kappa shape index (κ1) is 19.4. The van der Waals surface area contributed by atoms with Crippen molar-refractivity contribution >= 4 is 22.8 Å². The summed E-state index contributed by atoms with van der Waals surface area (Å²) in [6.07, 6.45) is 0.785. The van der Waals surface area contributed by atoms with E-state index in [2.05, 4.69) is 20.6 Å². The second-order valence-electron chi connectivity index (χ2n) is 6.89. The van der Waals surface area contributed by atoms with Crippen LogP contribution >= 0.6 is 0 Å². The highest BCUT2D eigenvalue weighted by atomic mass is 16.5. The van der Waals surface area contributed by atoms with Gasteiger partial charge in [-0.1, -0.05) is 48.5 Å². The third-order valence-corrected chi connectivity index (χ3v) is 4.65. The molecule has 0 unspecified atom stereocenters. The summed E-state index contributed by atoms with van der Waals surface area (Å²) in [5.74, 6) is 2.22. The molecule has 0 saturated carbocycles. The fraction of sp³-hybridized carbons (Fsp3) is 0.125. The Kier molecular flexibility index (Phi) is 5.85. The smallest absolute Gasteiger partial charge is 0.230 e. The number of hydrogen-bond donors (Lipinski definition) is 3. The molecule has 0 fully saturated rings. The molecular formula is C24H23N5O. The summed E-state index contributed by atoms with van der Waals surface area (Å²) in [7, 11) is 0. The van der Waals surface area contributed by atoms with Crippen LogP contribution in [0.1, 0.15) is 11.3 Å². The highest BCUT2D eigenvalue weighted by molar-refractivity contribution is 5.91. The van der Waals surface area contributed by atoms with Gasteiger partial charge in [0.2, 0.25) is 5.95 Å². The zero-order chi connectivity index (χ0) is 20.8. The van der Waals surface area contributed by atoms with Crippen LogP contribution in [0, 0.1) is 12.3 Å². The molecule has 0 saturated heterocycles. The molecule has 0 atom stereocenters. The molecule has 0 amide bonds. The number of ether oxygens (including phenoxy) is 1. The predicted octanol–water partition coefficient (Wildman–Crippen LogP) is 4.91. The van der Waals surface area contributed by atoms with E-state index in [9.17, 15) is 0 Å². The Hall–Kier alpha value is -3.93. The number of rotatable bonds is 6. The molecule has 3 N–H and O–H groups in total. The van der Waals surface area contributed by atoms with Gasteiger partial charge in [-0.05, 0) is 49.2 Å². The Balaban J connectivity index is 1.27. The minimum atomic E-state index is 0.175. The van der Waals surface area contributed by atoms with Crippen molar-refractivity contribution in [3.63, 3.8) is 0 Å². The lowest BCUT2D eigenvalue weighted by Crippen LogP contribution is -2.32. The normalized spacial score (nSPS) is 10.6. The van der Waals surface area contributed by atoms with E-state index < -0.39 is 0 Å². The van der Waals surface area contributed by atoms with E-state index in [1.807, 2.05) is 85.8 Å². The van der Waals surface area contributed by atoms with Crippen molar-refractivity contribution in [1.82, 2.24) is 15.3 Å². The van der Waals surface area contributed by atoms with Crippen LogP contribution in [0.15, 0.2) is 78.9 Å². The lowest BCUT2D eigenvalue weighted by atomic mass is 10.1. The maximum Gasteiger partial charge on any atom is 0.230 e. The van der Waals surface area contributed by atoms with Crippen LogP contribution in [0.5, 0.6) is 11.5 Å². The monoisotopic (exact) mass is 397 g/mol. The van der Waals surface area contributed by atoms with Gasteiger partial charge >= 0.3 is 0 Å². The number of fused-ring (bicyclic) bond motifs is 1. The molecule has 6 nitrogen and oxygen atoms in total. The molecule has 0 bridgehead atoms. The van der Waals surface area contributed by atoms with E-state index in [-0.39, 0.29) is 5.96 Å². The molecule has 0 aliphatic rings. The molecule has 4 rings (SSSR count). The van der Waals surface area contributed by atoms with Gasteiger partial charge in [-0.15, -0.1) is 0 Å². The van der Waals surface area contributed by atoms with E-state index in [4.69, 9.17) is 10.1 Å². The minimum Gasteiger partial charge on any atom is -0.457 e. The van der Waals surface area contributed by atoms with Crippen molar-refractivity contribution < 1.29 is 4.74 Å². The van der Waals surface area contributed by atoms with E-state index >= 15 is 0 Å². The largest absolute Gasteiger partial charge is 0.457 e. The van der Waals surface area contributed by atoms with Gasteiger partial charge in [0.15, 0.2) is 5.96 Å². The number of aryl methyl sites for hydroxylation is 1. The van der Waals surface area contributed by atoms with E-state index in [1.165, 1.54) is 0 Å². The summed E-state index contributed by atoms with van der Waals surface area (Å²) in [6, 6.07) is 25.5.